The minimum Gasteiger partial charge on any atom is -0.492 e. The number of nitrogens with zero attached hydrogens (tertiary/aromatic N) is 2. The summed E-state index contributed by atoms with van der Waals surface area (Å²) >= 11 is 0. The van der Waals surface area contributed by atoms with E-state index in [0.717, 1.165) is 12.2 Å². The van der Waals surface area contributed by atoms with Gasteiger partial charge in [0.2, 0.25) is 0 Å². The molecule has 20 heavy (non-hydrogen) atoms. The zero-order valence-corrected chi connectivity index (χ0v) is 12.4. The van der Waals surface area contributed by atoms with Gasteiger partial charge in [-0.1, -0.05) is 25.1 Å². The lowest BCUT2D eigenvalue weighted by molar-refractivity contribution is 0.250. The Morgan fingerprint density at radius 1 is 1.30 bits per heavy atom. The largest absolute Gasteiger partial charge is 0.492 e. The van der Waals surface area contributed by atoms with Gasteiger partial charge >= 0.3 is 0 Å². The van der Waals surface area contributed by atoms with E-state index in [0.29, 0.717) is 12.6 Å². The molecule has 1 aromatic carbocycles. The summed E-state index contributed by atoms with van der Waals surface area (Å²) in [7, 11) is 1.94. The Labute approximate surface area is 120 Å². The Morgan fingerprint density at radius 2 is 2.05 bits per heavy atom. The molecule has 0 aliphatic heterocycles. The molecule has 4 heteroatoms. The van der Waals surface area contributed by atoms with E-state index >= 15 is 0 Å². The summed E-state index contributed by atoms with van der Waals surface area (Å²) in [5, 5.41) is 7.80. The number of para-hydroxylation sites is 1. The third-order valence-corrected chi connectivity index (χ3v) is 3.40. The predicted molar refractivity (Wildman–Crippen MR) is 80.8 cm³/mol. The second-order valence-electron chi connectivity index (χ2n) is 5.06. The highest BCUT2D eigenvalue weighted by molar-refractivity contribution is 5.21. The number of hydrogen-bond acceptors (Lipinski definition) is 3. The predicted octanol–water partition coefficient (Wildman–Crippen LogP) is 2.93. The SMILES string of the molecule is CCC(COc1ccccc1)NC(C)c1cnn(C)c1. The average Bonchev–Trinajstić information content (AvgIpc) is 2.91. The molecule has 1 N–H and O–H groups in total. The molecule has 0 aliphatic carbocycles. The van der Waals surface area contributed by atoms with Gasteiger partial charge in [-0.2, -0.15) is 5.10 Å². The summed E-state index contributed by atoms with van der Waals surface area (Å²) in [6.45, 7) is 5.00. The molecule has 0 aliphatic rings. The Bertz CT molecular complexity index is 509. The van der Waals surface area contributed by atoms with Gasteiger partial charge in [-0.3, -0.25) is 4.68 Å². The number of aromatic nitrogens is 2. The molecule has 4 nitrogen and oxygen atoms in total. The van der Waals surface area contributed by atoms with Gasteiger partial charge in [-0.25, -0.2) is 0 Å². The van der Waals surface area contributed by atoms with E-state index in [-0.39, 0.29) is 6.04 Å². The van der Waals surface area contributed by atoms with Gasteiger partial charge in [0.15, 0.2) is 0 Å². The Hall–Kier alpha value is -1.81. The zero-order chi connectivity index (χ0) is 14.4. The molecule has 2 aromatic rings. The van der Waals surface area contributed by atoms with Crippen LogP contribution in [0.3, 0.4) is 0 Å². The van der Waals surface area contributed by atoms with Gasteiger partial charge < -0.3 is 10.1 Å². The van der Waals surface area contributed by atoms with Crippen LogP contribution in [-0.2, 0) is 7.05 Å². The van der Waals surface area contributed by atoms with Crippen LogP contribution in [0.15, 0.2) is 42.7 Å². The first kappa shape index (κ1) is 14.6. The molecule has 0 amide bonds. The molecule has 2 atom stereocenters. The van der Waals surface area contributed by atoms with E-state index in [1.54, 1.807) is 0 Å². The fraction of sp³-hybridized carbons (Fsp3) is 0.438. The molecule has 0 saturated carbocycles. The highest BCUT2D eigenvalue weighted by Crippen LogP contribution is 2.14. The van der Waals surface area contributed by atoms with Crippen molar-refractivity contribution in [1.29, 1.82) is 0 Å². The van der Waals surface area contributed by atoms with Crippen LogP contribution < -0.4 is 10.1 Å². The van der Waals surface area contributed by atoms with E-state index in [1.807, 2.05) is 54.5 Å². The fourth-order valence-electron chi connectivity index (χ4n) is 2.11. The van der Waals surface area contributed by atoms with Crippen LogP contribution in [-0.4, -0.2) is 22.4 Å². The topological polar surface area (TPSA) is 39.1 Å². The third kappa shape index (κ3) is 4.10. The van der Waals surface area contributed by atoms with Gasteiger partial charge in [0.1, 0.15) is 12.4 Å². The van der Waals surface area contributed by atoms with E-state index in [9.17, 15) is 0 Å². The molecule has 0 saturated heterocycles. The van der Waals surface area contributed by atoms with Gasteiger partial charge in [0, 0.05) is 30.9 Å². The van der Waals surface area contributed by atoms with Crippen molar-refractivity contribution in [3.8, 4) is 5.75 Å². The second-order valence-corrected chi connectivity index (χ2v) is 5.06. The minimum atomic E-state index is 0.271. The highest BCUT2D eigenvalue weighted by Gasteiger charge is 2.13. The number of ether oxygens (including phenoxy) is 1. The maximum Gasteiger partial charge on any atom is 0.119 e. The lowest BCUT2D eigenvalue weighted by Crippen LogP contribution is -2.35. The fourth-order valence-corrected chi connectivity index (χ4v) is 2.11. The van der Waals surface area contributed by atoms with Crippen molar-refractivity contribution in [3.63, 3.8) is 0 Å². The summed E-state index contributed by atoms with van der Waals surface area (Å²) in [6, 6.07) is 10.5. The van der Waals surface area contributed by atoms with Crippen LogP contribution in [0.1, 0.15) is 31.9 Å². The molecule has 108 valence electrons. The first-order valence-corrected chi connectivity index (χ1v) is 7.11. The Kier molecular flexibility index (Phi) is 5.18. The van der Waals surface area contributed by atoms with Crippen molar-refractivity contribution in [2.45, 2.75) is 32.4 Å². The number of aryl methyl sites for hydroxylation is 1. The van der Waals surface area contributed by atoms with Crippen LogP contribution in [0.2, 0.25) is 0 Å². The van der Waals surface area contributed by atoms with Crippen molar-refractivity contribution in [2.75, 3.05) is 6.61 Å². The average molecular weight is 273 g/mol. The van der Waals surface area contributed by atoms with Crippen molar-refractivity contribution in [2.24, 2.45) is 7.05 Å². The van der Waals surface area contributed by atoms with Crippen molar-refractivity contribution < 1.29 is 4.74 Å². The molecule has 0 bridgehead atoms. The molecular weight excluding hydrogens is 250 g/mol. The molecular formula is C16H23N3O. The molecule has 1 heterocycles. The van der Waals surface area contributed by atoms with Crippen LogP contribution in [0.25, 0.3) is 0 Å². The molecule has 0 fully saturated rings. The zero-order valence-electron chi connectivity index (χ0n) is 12.4. The monoisotopic (exact) mass is 273 g/mol. The van der Waals surface area contributed by atoms with Crippen molar-refractivity contribution in [3.05, 3.63) is 48.3 Å². The van der Waals surface area contributed by atoms with E-state index < -0.39 is 0 Å². The first-order chi connectivity index (χ1) is 9.69. The summed E-state index contributed by atoms with van der Waals surface area (Å²) in [6.07, 6.45) is 4.97. The van der Waals surface area contributed by atoms with Gasteiger partial charge in [0.25, 0.3) is 0 Å². The Morgan fingerprint density at radius 3 is 2.65 bits per heavy atom. The third-order valence-electron chi connectivity index (χ3n) is 3.40. The van der Waals surface area contributed by atoms with Crippen LogP contribution >= 0.6 is 0 Å². The number of rotatable bonds is 7. The van der Waals surface area contributed by atoms with Crippen LogP contribution in [0.5, 0.6) is 5.75 Å². The lowest BCUT2D eigenvalue weighted by atomic mass is 10.1. The summed E-state index contributed by atoms with van der Waals surface area (Å²) in [5.74, 6) is 0.918. The quantitative estimate of drug-likeness (QED) is 0.843. The standard InChI is InChI=1S/C16H23N3O/c1-4-15(12-20-16-8-6-5-7-9-16)18-13(2)14-10-17-19(3)11-14/h5-11,13,15,18H,4,12H2,1-3H3. The second kappa shape index (κ2) is 7.10. The van der Waals surface area contributed by atoms with Gasteiger partial charge in [-0.05, 0) is 25.5 Å². The van der Waals surface area contributed by atoms with Crippen molar-refractivity contribution >= 4 is 0 Å². The maximum atomic E-state index is 5.82. The molecule has 2 rings (SSSR count). The summed E-state index contributed by atoms with van der Waals surface area (Å²) in [4.78, 5) is 0. The van der Waals surface area contributed by atoms with E-state index in [4.69, 9.17) is 4.74 Å². The summed E-state index contributed by atoms with van der Waals surface area (Å²) in [5.41, 5.74) is 1.20. The maximum absolute atomic E-state index is 5.82. The normalized spacial score (nSPS) is 13.9. The molecule has 1 aromatic heterocycles. The van der Waals surface area contributed by atoms with E-state index in [1.165, 1.54) is 5.56 Å². The molecule has 0 radical (unpaired) electrons. The van der Waals surface area contributed by atoms with Crippen molar-refractivity contribution in [1.82, 2.24) is 15.1 Å². The number of benzene rings is 1. The first-order valence-electron chi connectivity index (χ1n) is 7.11. The van der Waals surface area contributed by atoms with Crippen LogP contribution in [0, 0.1) is 0 Å². The summed E-state index contributed by atoms with van der Waals surface area (Å²) < 4.78 is 7.65. The number of hydrogen-bond donors (Lipinski definition) is 1. The lowest BCUT2D eigenvalue weighted by Gasteiger charge is -2.22. The van der Waals surface area contributed by atoms with E-state index in [2.05, 4.69) is 24.3 Å². The number of nitrogens with one attached hydrogen (secondary N) is 1. The molecule has 0 spiro atoms. The van der Waals surface area contributed by atoms with Gasteiger partial charge in [-0.15, -0.1) is 0 Å². The van der Waals surface area contributed by atoms with Crippen LogP contribution in [0.4, 0.5) is 0 Å². The van der Waals surface area contributed by atoms with Gasteiger partial charge in [0.05, 0.1) is 6.20 Å². The Balaban J connectivity index is 1.85. The molecule has 2 unspecified atom stereocenters. The minimum absolute atomic E-state index is 0.271. The highest BCUT2D eigenvalue weighted by atomic mass is 16.5. The smallest absolute Gasteiger partial charge is 0.119 e.